The minimum absolute atomic E-state index is 0.533. The van der Waals surface area contributed by atoms with E-state index in [2.05, 4.69) is 9.97 Å². The van der Waals surface area contributed by atoms with Crippen molar-refractivity contribution in [3.05, 3.63) is 42.1 Å². The smallest absolute Gasteiger partial charge is 0.228 e. The monoisotopic (exact) mass is 258 g/mol. The van der Waals surface area contributed by atoms with Gasteiger partial charge in [0.1, 0.15) is 5.75 Å². The fraction of sp³-hybridized carbons (Fsp3) is 0.286. The SMILES string of the molecule is CN(C)c1nccc(Oc2ccc(CCN)cc2)n1. The Morgan fingerprint density at radius 2 is 1.89 bits per heavy atom. The lowest BCUT2D eigenvalue weighted by molar-refractivity contribution is 0.461. The van der Waals surface area contributed by atoms with Crippen LogP contribution in [0.3, 0.4) is 0 Å². The number of nitrogens with two attached hydrogens (primary N) is 1. The molecular weight excluding hydrogens is 240 g/mol. The molecule has 0 aliphatic carbocycles. The van der Waals surface area contributed by atoms with Crippen molar-refractivity contribution in [1.82, 2.24) is 9.97 Å². The highest BCUT2D eigenvalue weighted by Crippen LogP contribution is 2.20. The summed E-state index contributed by atoms with van der Waals surface area (Å²) in [5.74, 6) is 1.91. The van der Waals surface area contributed by atoms with Crippen LogP contribution in [0.25, 0.3) is 0 Å². The number of aromatic nitrogens is 2. The Bertz CT molecular complexity index is 525. The Kier molecular flexibility index (Phi) is 4.30. The van der Waals surface area contributed by atoms with Crippen LogP contribution in [-0.4, -0.2) is 30.6 Å². The van der Waals surface area contributed by atoms with E-state index in [4.69, 9.17) is 10.5 Å². The minimum Gasteiger partial charge on any atom is -0.439 e. The Balaban J connectivity index is 2.10. The molecule has 2 N–H and O–H groups in total. The molecule has 19 heavy (non-hydrogen) atoms. The summed E-state index contributed by atoms with van der Waals surface area (Å²) in [6, 6.07) is 9.60. The van der Waals surface area contributed by atoms with Crippen LogP contribution in [0.2, 0.25) is 0 Å². The van der Waals surface area contributed by atoms with Crippen molar-refractivity contribution in [3.8, 4) is 11.6 Å². The molecule has 0 spiro atoms. The molecule has 0 aliphatic heterocycles. The standard InChI is InChI=1S/C14H18N4O/c1-18(2)14-16-10-8-13(17-14)19-12-5-3-11(4-6-12)7-9-15/h3-6,8,10H,7,9,15H2,1-2H3. The predicted molar refractivity (Wildman–Crippen MR) is 75.6 cm³/mol. The highest BCUT2D eigenvalue weighted by Gasteiger charge is 2.03. The zero-order valence-electron chi connectivity index (χ0n) is 11.2. The van der Waals surface area contributed by atoms with Gasteiger partial charge in [0.05, 0.1) is 0 Å². The lowest BCUT2D eigenvalue weighted by Crippen LogP contribution is -2.12. The van der Waals surface area contributed by atoms with Crippen LogP contribution in [-0.2, 0) is 6.42 Å². The van der Waals surface area contributed by atoms with Gasteiger partial charge in [0, 0.05) is 26.4 Å². The van der Waals surface area contributed by atoms with Crippen LogP contribution >= 0.6 is 0 Å². The molecule has 1 aromatic carbocycles. The van der Waals surface area contributed by atoms with Crippen molar-refractivity contribution in [2.45, 2.75) is 6.42 Å². The largest absolute Gasteiger partial charge is 0.439 e. The quantitative estimate of drug-likeness (QED) is 0.886. The third-order valence-corrected chi connectivity index (χ3v) is 2.60. The Morgan fingerprint density at radius 3 is 2.53 bits per heavy atom. The van der Waals surface area contributed by atoms with E-state index in [1.807, 2.05) is 43.3 Å². The van der Waals surface area contributed by atoms with E-state index in [0.29, 0.717) is 18.4 Å². The van der Waals surface area contributed by atoms with Gasteiger partial charge >= 0.3 is 0 Å². The van der Waals surface area contributed by atoms with E-state index < -0.39 is 0 Å². The van der Waals surface area contributed by atoms with Crippen LogP contribution < -0.4 is 15.4 Å². The molecule has 0 bridgehead atoms. The van der Waals surface area contributed by atoms with Gasteiger partial charge in [-0.3, -0.25) is 0 Å². The Labute approximate surface area is 113 Å². The minimum atomic E-state index is 0.533. The second-order valence-corrected chi connectivity index (χ2v) is 4.37. The van der Waals surface area contributed by atoms with E-state index in [1.165, 1.54) is 5.56 Å². The van der Waals surface area contributed by atoms with E-state index in [9.17, 15) is 0 Å². The normalized spacial score (nSPS) is 10.3. The number of rotatable bonds is 5. The molecule has 0 saturated heterocycles. The first-order valence-electron chi connectivity index (χ1n) is 6.16. The summed E-state index contributed by atoms with van der Waals surface area (Å²) in [5, 5.41) is 0. The molecule has 2 rings (SSSR count). The molecule has 0 radical (unpaired) electrons. The number of ether oxygens (including phenoxy) is 1. The molecule has 5 heteroatoms. The maximum absolute atomic E-state index is 5.69. The van der Waals surface area contributed by atoms with Crippen molar-refractivity contribution in [3.63, 3.8) is 0 Å². The third-order valence-electron chi connectivity index (χ3n) is 2.60. The first-order chi connectivity index (χ1) is 9.19. The number of anilines is 1. The average Bonchev–Trinajstić information content (AvgIpc) is 2.42. The first kappa shape index (κ1) is 13.3. The zero-order chi connectivity index (χ0) is 13.7. The Morgan fingerprint density at radius 1 is 1.16 bits per heavy atom. The molecule has 1 aromatic heterocycles. The first-order valence-corrected chi connectivity index (χ1v) is 6.16. The summed E-state index contributed by atoms with van der Waals surface area (Å²) >= 11 is 0. The number of hydrogen-bond donors (Lipinski definition) is 1. The molecule has 0 aliphatic rings. The molecule has 0 unspecified atom stereocenters. The van der Waals surface area contributed by atoms with Gasteiger partial charge in [-0.15, -0.1) is 0 Å². The molecule has 5 nitrogen and oxygen atoms in total. The van der Waals surface area contributed by atoms with Gasteiger partial charge in [-0.05, 0) is 30.7 Å². The fourth-order valence-corrected chi connectivity index (χ4v) is 1.62. The second-order valence-electron chi connectivity index (χ2n) is 4.37. The highest BCUT2D eigenvalue weighted by atomic mass is 16.5. The lowest BCUT2D eigenvalue weighted by atomic mass is 10.1. The van der Waals surface area contributed by atoms with Crippen molar-refractivity contribution < 1.29 is 4.74 Å². The summed E-state index contributed by atoms with van der Waals surface area (Å²) in [6.45, 7) is 0.651. The third kappa shape index (κ3) is 3.66. The van der Waals surface area contributed by atoms with Gasteiger partial charge in [0.15, 0.2) is 0 Å². The fourth-order valence-electron chi connectivity index (χ4n) is 1.62. The van der Waals surface area contributed by atoms with Gasteiger partial charge in [-0.1, -0.05) is 12.1 Å². The average molecular weight is 258 g/mol. The molecule has 1 heterocycles. The summed E-state index contributed by atoms with van der Waals surface area (Å²) in [4.78, 5) is 10.3. The van der Waals surface area contributed by atoms with Crippen LogP contribution in [0.4, 0.5) is 5.95 Å². The maximum Gasteiger partial charge on any atom is 0.228 e. The van der Waals surface area contributed by atoms with E-state index in [1.54, 1.807) is 12.3 Å². The van der Waals surface area contributed by atoms with Crippen molar-refractivity contribution >= 4 is 5.95 Å². The van der Waals surface area contributed by atoms with Crippen molar-refractivity contribution in [1.29, 1.82) is 0 Å². The molecule has 100 valence electrons. The van der Waals surface area contributed by atoms with Crippen LogP contribution in [0, 0.1) is 0 Å². The van der Waals surface area contributed by atoms with Crippen LogP contribution in [0.1, 0.15) is 5.56 Å². The summed E-state index contributed by atoms with van der Waals surface area (Å²) in [6.07, 6.45) is 2.55. The van der Waals surface area contributed by atoms with Crippen molar-refractivity contribution in [2.24, 2.45) is 5.73 Å². The predicted octanol–water partition coefficient (Wildman–Crippen LogP) is 1.84. The number of hydrogen-bond acceptors (Lipinski definition) is 5. The lowest BCUT2D eigenvalue weighted by Gasteiger charge is -2.11. The topological polar surface area (TPSA) is 64.3 Å². The van der Waals surface area contributed by atoms with E-state index in [-0.39, 0.29) is 0 Å². The molecular formula is C14H18N4O. The van der Waals surface area contributed by atoms with E-state index >= 15 is 0 Å². The summed E-state index contributed by atoms with van der Waals surface area (Å²) in [7, 11) is 3.78. The molecule has 0 atom stereocenters. The van der Waals surface area contributed by atoms with Gasteiger partial charge in [0.2, 0.25) is 11.8 Å². The number of benzene rings is 1. The van der Waals surface area contributed by atoms with E-state index in [0.717, 1.165) is 12.2 Å². The van der Waals surface area contributed by atoms with Crippen molar-refractivity contribution in [2.75, 3.05) is 25.5 Å². The Hall–Kier alpha value is -2.14. The second kappa shape index (κ2) is 6.15. The van der Waals surface area contributed by atoms with Gasteiger partial charge < -0.3 is 15.4 Å². The molecule has 0 fully saturated rings. The molecule has 2 aromatic rings. The molecule has 0 saturated carbocycles. The summed E-state index contributed by atoms with van der Waals surface area (Å²) < 4.78 is 5.69. The highest BCUT2D eigenvalue weighted by molar-refractivity contribution is 5.33. The van der Waals surface area contributed by atoms with Crippen LogP contribution in [0.15, 0.2) is 36.5 Å². The molecule has 0 amide bonds. The van der Waals surface area contributed by atoms with Crippen LogP contribution in [0.5, 0.6) is 11.6 Å². The summed E-state index contributed by atoms with van der Waals surface area (Å²) in [5.41, 5.74) is 6.71. The zero-order valence-corrected chi connectivity index (χ0v) is 11.2. The van der Waals surface area contributed by atoms with Gasteiger partial charge in [-0.25, -0.2) is 4.98 Å². The number of nitrogens with zero attached hydrogens (tertiary/aromatic N) is 3. The maximum atomic E-state index is 5.69. The van der Waals surface area contributed by atoms with Gasteiger partial charge in [0.25, 0.3) is 0 Å². The van der Waals surface area contributed by atoms with Gasteiger partial charge in [-0.2, -0.15) is 4.98 Å².